The first-order chi connectivity index (χ1) is 14.3. The Balaban J connectivity index is 1.72. The molecular formula is C21H25ClN6O2. The number of nitrogens with zero attached hydrogens (tertiary/aromatic N) is 3. The van der Waals surface area contributed by atoms with Gasteiger partial charge in [0.2, 0.25) is 0 Å². The predicted molar refractivity (Wildman–Crippen MR) is 116 cm³/mol. The molecule has 0 aliphatic carbocycles. The Hall–Kier alpha value is -3.13. The molecule has 158 valence electrons. The van der Waals surface area contributed by atoms with E-state index in [4.69, 9.17) is 16.3 Å². The van der Waals surface area contributed by atoms with Crippen LogP contribution in [-0.4, -0.2) is 38.4 Å². The van der Waals surface area contributed by atoms with Crippen molar-refractivity contribution in [3.8, 4) is 11.4 Å². The van der Waals surface area contributed by atoms with Gasteiger partial charge in [-0.1, -0.05) is 29.8 Å². The SMILES string of the molecule is CC(C)(C)OC(=O)NCCC(Nc1ccccc1)c1nc(-c2ccnc(Cl)c2)n[nH]1. The van der Waals surface area contributed by atoms with Crippen molar-refractivity contribution in [2.45, 2.75) is 38.8 Å². The van der Waals surface area contributed by atoms with Gasteiger partial charge in [-0.05, 0) is 51.5 Å². The second-order valence-corrected chi connectivity index (χ2v) is 8.08. The minimum absolute atomic E-state index is 0.208. The average molecular weight is 429 g/mol. The number of hydrogen-bond donors (Lipinski definition) is 3. The molecule has 3 aromatic rings. The van der Waals surface area contributed by atoms with Gasteiger partial charge in [0.1, 0.15) is 16.6 Å². The Morgan fingerprint density at radius 3 is 2.70 bits per heavy atom. The Bertz CT molecular complexity index is 971. The summed E-state index contributed by atoms with van der Waals surface area (Å²) in [5.41, 5.74) is 1.16. The summed E-state index contributed by atoms with van der Waals surface area (Å²) in [4.78, 5) is 20.5. The number of alkyl carbamates (subject to hydrolysis) is 1. The average Bonchev–Trinajstić information content (AvgIpc) is 3.17. The highest BCUT2D eigenvalue weighted by atomic mass is 35.5. The summed E-state index contributed by atoms with van der Waals surface area (Å²) in [6.07, 6.45) is 1.73. The number of carbonyl (C=O) groups is 1. The van der Waals surface area contributed by atoms with Gasteiger partial charge in [-0.15, -0.1) is 0 Å². The maximum Gasteiger partial charge on any atom is 0.407 e. The van der Waals surface area contributed by atoms with E-state index in [9.17, 15) is 4.79 Å². The van der Waals surface area contributed by atoms with Gasteiger partial charge in [-0.25, -0.2) is 14.8 Å². The number of aromatic nitrogens is 4. The maximum atomic E-state index is 11.9. The zero-order valence-corrected chi connectivity index (χ0v) is 17.9. The molecule has 2 heterocycles. The van der Waals surface area contributed by atoms with Crippen LogP contribution in [0.15, 0.2) is 48.7 Å². The molecular weight excluding hydrogens is 404 g/mol. The molecule has 0 fully saturated rings. The van der Waals surface area contributed by atoms with Gasteiger partial charge >= 0.3 is 6.09 Å². The second kappa shape index (κ2) is 9.58. The Morgan fingerprint density at radius 1 is 1.23 bits per heavy atom. The Kier molecular flexibility index (Phi) is 6.89. The van der Waals surface area contributed by atoms with E-state index >= 15 is 0 Å². The van der Waals surface area contributed by atoms with Crippen LogP contribution in [0.3, 0.4) is 0 Å². The summed E-state index contributed by atoms with van der Waals surface area (Å²) in [7, 11) is 0. The van der Waals surface area contributed by atoms with Gasteiger partial charge in [0.15, 0.2) is 5.82 Å². The molecule has 0 aliphatic rings. The minimum Gasteiger partial charge on any atom is -0.444 e. The molecule has 1 aromatic carbocycles. The topological polar surface area (TPSA) is 105 Å². The van der Waals surface area contributed by atoms with Gasteiger partial charge < -0.3 is 15.4 Å². The van der Waals surface area contributed by atoms with Crippen molar-refractivity contribution in [1.82, 2.24) is 25.5 Å². The number of H-pyrrole nitrogens is 1. The highest BCUT2D eigenvalue weighted by Crippen LogP contribution is 2.23. The summed E-state index contributed by atoms with van der Waals surface area (Å²) >= 11 is 5.97. The monoisotopic (exact) mass is 428 g/mol. The van der Waals surface area contributed by atoms with Crippen molar-refractivity contribution < 1.29 is 9.53 Å². The fraction of sp³-hybridized carbons (Fsp3) is 0.333. The maximum absolute atomic E-state index is 11.9. The van der Waals surface area contributed by atoms with Crippen LogP contribution in [0.2, 0.25) is 5.15 Å². The number of amides is 1. The van der Waals surface area contributed by atoms with Gasteiger partial charge in [-0.2, -0.15) is 5.10 Å². The predicted octanol–water partition coefficient (Wildman–Crippen LogP) is 4.59. The fourth-order valence-electron chi connectivity index (χ4n) is 2.75. The molecule has 8 nitrogen and oxygen atoms in total. The molecule has 3 rings (SSSR count). The van der Waals surface area contributed by atoms with Crippen molar-refractivity contribution in [1.29, 1.82) is 0 Å². The quantitative estimate of drug-likeness (QED) is 0.475. The van der Waals surface area contributed by atoms with Crippen LogP contribution in [0.4, 0.5) is 10.5 Å². The lowest BCUT2D eigenvalue weighted by Gasteiger charge is -2.21. The largest absolute Gasteiger partial charge is 0.444 e. The molecule has 1 unspecified atom stereocenters. The molecule has 9 heteroatoms. The number of pyridine rings is 1. The fourth-order valence-corrected chi connectivity index (χ4v) is 2.92. The third-order valence-corrected chi connectivity index (χ3v) is 4.24. The highest BCUT2D eigenvalue weighted by Gasteiger charge is 2.19. The Labute approximate surface area is 180 Å². The first-order valence-corrected chi connectivity index (χ1v) is 10.0. The molecule has 3 N–H and O–H groups in total. The molecule has 0 saturated heterocycles. The standard InChI is InChI=1S/C21H25ClN6O2/c1-21(2,3)30-20(29)24-12-10-16(25-15-7-5-4-6-8-15)19-26-18(27-28-19)14-9-11-23-17(22)13-14/h4-9,11,13,16,25H,10,12H2,1-3H3,(H,24,29)(H,26,27,28). The lowest BCUT2D eigenvalue weighted by molar-refractivity contribution is 0.0526. The first kappa shape index (κ1) is 21.6. The van der Waals surface area contributed by atoms with Gasteiger partial charge in [0.25, 0.3) is 0 Å². The van der Waals surface area contributed by atoms with Crippen molar-refractivity contribution >= 4 is 23.4 Å². The number of aromatic amines is 1. The van der Waals surface area contributed by atoms with E-state index in [1.807, 2.05) is 51.1 Å². The van der Waals surface area contributed by atoms with E-state index in [2.05, 4.69) is 30.8 Å². The van der Waals surface area contributed by atoms with Crippen molar-refractivity contribution in [3.05, 3.63) is 59.6 Å². The Morgan fingerprint density at radius 2 is 2.00 bits per heavy atom. The third-order valence-electron chi connectivity index (χ3n) is 4.03. The number of nitrogens with one attached hydrogen (secondary N) is 3. The number of ether oxygens (including phenoxy) is 1. The normalized spacial score (nSPS) is 12.3. The molecule has 1 amide bonds. The van der Waals surface area contributed by atoms with Crippen molar-refractivity contribution in [2.24, 2.45) is 0 Å². The number of rotatable bonds is 7. The number of hydrogen-bond acceptors (Lipinski definition) is 6. The second-order valence-electron chi connectivity index (χ2n) is 7.69. The highest BCUT2D eigenvalue weighted by molar-refractivity contribution is 6.29. The summed E-state index contributed by atoms with van der Waals surface area (Å²) in [5, 5.41) is 13.9. The van der Waals surface area contributed by atoms with Crippen LogP contribution < -0.4 is 10.6 Å². The number of carbonyl (C=O) groups excluding carboxylic acids is 1. The van der Waals surface area contributed by atoms with E-state index in [1.165, 1.54) is 0 Å². The smallest absolute Gasteiger partial charge is 0.407 e. The molecule has 30 heavy (non-hydrogen) atoms. The summed E-state index contributed by atoms with van der Waals surface area (Å²) in [6, 6.07) is 13.1. The molecule has 0 spiro atoms. The molecule has 0 aliphatic heterocycles. The summed E-state index contributed by atoms with van der Waals surface area (Å²) in [5.74, 6) is 1.17. The molecule has 1 atom stereocenters. The van der Waals surface area contributed by atoms with Crippen LogP contribution in [0.5, 0.6) is 0 Å². The van der Waals surface area contributed by atoms with Crippen molar-refractivity contribution in [2.75, 3.05) is 11.9 Å². The number of anilines is 1. The number of para-hydroxylation sites is 1. The zero-order chi connectivity index (χ0) is 21.6. The van der Waals surface area contributed by atoms with Gasteiger partial charge in [-0.3, -0.25) is 5.10 Å². The summed E-state index contributed by atoms with van der Waals surface area (Å²) in [6.45, 7) is 5.88. The van der Waals surface area contributed by atoms with Crippen LogP contribution >= 0.6 is 11.6 Å². The summed E-state index contributed by atoms with van der Waals surface area (Å²) < 4.78 is 5.29. The lowest BCUT2D eigenvalue weighted by atomic mass is 10.1. The van der Waals surface area contributed by atoms with Gasteiger partial charge in [0.05, 0.1) is 6.04 Å². The van der Waals surface area contributed by atoms with Gasteiger partial charge in [0, 0.05) is 24.0 Å². The zero-order valence-electron chi connectivity index (χ0n) is 17.1. The molecule has 0 radical (unpaired) electrons. The van der Waals surface area contributed by atoms with E-state index in [1.54, 1.807) is 18.3 Å². The van der Waals surface area contributed by atoms with Crippen LogP contribution in [0.1, 0.15) is 39.1 Å². The first-order valence-electron chi connectivity index (χ1n) is 9.63. The number of halogens is 1. The van der Waals surface area contributed by atoms with E-state index in [0.29, 0.717) is 29.8 Å². The van der Waals surface area contributed by atoms with Crippen molar-refractivity contribution in [3.63, 3.8) is 0 Å². The molecule has 2 aromatic heterocycles. The minimum atomic E-state index is -0.544. The third kappa shape index (κ3) is 6.45. The molecule has 0 saturated carbocycles. The van der Waals surface area contributed by atoms with E-state index in [0.717, 1.165) is 11.3 Å². The van der Waals surface area contributed by atoms with Crippen LogP contribution in [0.25, 0.3) is 11.4 Å². The number of benzene rings is 1. The van der Waals surface area contributed by atoms with E-state index in [-0.39, 0.29) is 6.04 Å². The van der Waals surface area contributed by atoms with E-state index < -0.39 is 11.7 Å². The van der Waals surface area contributed by atoms with Crippen LogP contribution in [0, 0.1) is 0 Å². The molecule has 0 bridgehead atoms. The lowest BCUT2D eigenvalue weighted by Crippen LogP contribution is -2.34. The van der Waals surface area contributed by atoms with Crippen LogP contribution in [-0.2, 0) is 4.74 Å².